The summed E-state index contributed by atoms with van der Waals surface area (Å²) in [7, 11) is 0. The number of nitrogens with two attached hydrogens (primary N) is 2. The van der Waals surface area contributed by atoms with Crippen molar-refractivity contribution in [3.05, 3.63) is 41.9 Å². The molecule has 0 saturated carbocycles. The highest BCUT2D eigenvalue weighted by molar-refractivity contribution is 6.30. The smallest absolute Gasteiger partial charge is 0.252 e. The SMILES string of the molecule is CC(C)(C)C(=O)C(Oc1ccc(Cl)cc1)n1cncn1.NCCCCNCCCN. The summed E-state index contributed by atoms with van der Waals surface area (Å²) in [6.07, 6.45) is 5.36. The highest BCUT2D eigenvalue weighted by Gasteiger charge is 2.33. The highest BCUT2D eigenvalue weighted by Crippen LogP contribution is 2.26. The van der Waals surface area contributed by atoms with Gasteiger partial charge in [0.2, 0.25) is 5.78 Å². The molecule has 168 valence electrons. The molecule has 1 unspecified atom stereocenters. The van der Waals surface area contributed by atoms with E-state index in [-0.39, 0.29) is 5.78 Å². The van der Waals surface area contributed by atoms with E-state index >= 15 is 0 Å². The molecule has 2 aromatic rings. The van der Waals surface area contributed by atoms with Gasteiger partial charge in [-0.2, -0.15) is 5.10 Å². The molecule has 8 nitrogen and oxygen atoms in total. The van der Waals surface area contributed by atoms with Crippen LogP contribution in [-0.2, 0) is 4.79 Å². The van der Waals surface area contributed by atoms with Crippen LogP contribution >= 0.6 is 11.6 Å². The van der Waals surface area contributed by atoms with Crippen molar-refractivity contribution in [1.29, 1.82) is 0 Å². The first-order chi connectivity index (χ1) is 14.3. The Morgan fingerprint density at radius 1 is 1.13 bits per heavy atom. The van der Waals surface area contributed by atoms with Crippen LogP contribution in [0, 0.1) is 5.41 Å². The van der Waals surface area contributed by atoms with Crippen molar-refractivity contribution in [2.75, 3.05) is 26.2 Å². The molecule has 0 fully saturated rings. The number of carbonyl (C=O) groups is 1. The Hall–Kier alpha value is -2.00. The largest absolute Gasteiger partial charge is 0.461 e. The van der Waals surface area contributed by atoms with Crippen molar-refractivity contribution < 1.29 is 9.53 Å². The molecule has 0 aliphatic heterocycles. The Balaban J connectivity index is 0.000000382. The second-order valence-electron chi connectivity index (χ2n) is 7.80. The predicted molar refractivity (Wildman–Crippen MR) is 120 cm³/mol. The van der Waals surface area contributed by atoms with Gasteiger partial charge in [-0.25, -0.2) is 9.67 Å². The highest BCUT2D eigenvalue weighted by atomic mass is 35.5. The van der Waals surface area contributed by atoms with E-state index in [4.69, 9.17) is 27.8 Å². The lowest BCUT2D eigenvalue weighted by Gasteiger charge is -2.25. The molecule has 1 aromatic heterocycles. The van der Waals surface area contributed by atoms with E-state index in [9.17, 15) is 4.79 Å². The predicted octanol–water partition coefficient (Wildman–Crippen LogP) is 2.79. The van der Waals surface area contributed by atoms with Crippen LogP contribution in [0.3, 0.4) is 0 Å². The van der Waals surface area contributed by atoms with Crippen LogP contribution in [0.15, 0.2) is 36.9 Å². The molecule has 0 bridgehead atoms. The minimum atomic E-state index is -0.848. The van der Waals surface area contributed by atoms with Crippen LogP contribution < -0.4 is 21.5 Å². The zero-order valence-electron chi connectivity index (χ0n) is 18.2. The first-order valence-electron chi connectivity index (χ1n) is 10.2. The number of ketones is 1. The van der Waals surface area contributed by atoms with Gasteiger partial charge in [0.1, 0.15) is 18.4 Å². The Morgan fingerprint density at radius 2 is 1.77 bits per heavy atom. The molecule has 2 rings (SSSR count). The van der Waals surface area contributed by atoms with E-state index in [1.54, 1.807) is 24.3 Å². The van der Waals surface area contributed by atoms with E-state index in [1.165, 1.54) is 23.8 Å². The van der Waals surface area contributed by atoms with Crippen molar-refractivity contribution in [3.63, 3.8) is 0 Å². The number of benzene rings is 1. The molecule has 1 aromatic carbocycles. The lowest BCUT2D eigenvalue weighted by molar-refractivity contribution is -0.138. The normalized spacial score (nSPS) is 12.1. The third-order valence-corrected chi connectivity index (χ3v) is 4.32. The monoisotopic (exact) mass is 438 g/mol. The Morgan fingerprint density at radius 3 is 2.30 bits per heavy atom. The third-order valence-electron chi connectivity index (χ3n) is 4.07. The molecule has 5 N–H and O–H groups in total. The number of rotatable bonds is 11. The number of ether oxygens (including phenoxy) is 1. The van der Waals surface area contributed by atoms with Gasteiger partial charge in [0.25, 0.3) is 6.23 Å². The topological polar surface area (TPSA) is 121 Å². The van der Waals surface area contributed by atoms with Crippen LogP contribution in [0.25, 0.3) is 0 Å². The number of nitrogens with zero attached hydrogens (tertiary/aromatic N) is 3. The summed E-state index contributed by atoms with van der Waals surface area (Å²) in [4.78, 5) is 16.4. The standard InChI is InChI=1S/C14H16ClN3O2.C7H19N3/c1-14(2,3)12(19)13(18-9-16-8-17-18)20-11-6-4-10(15)5-7-11;8-4-1-2-6-10-7-3-5-9/h4-9,13H,1-3H3;10H,1-9H2. The summed E-state index contributed by atoms with van der Waals surface area (Å²) in [5, 5.41) is 7.89. The number of carbonyl (C=O) groups excluding carboxylic acids is 1. The van der Waals surface area contributed by atoms with Crippen LogP contribution in [0.4, 0.5) is 0 Å². The van der Waals surface area contributed by atoms with Gasteiger partial charge in [-0.15, -0.1) is 0 Å². The third kappa shape index (κ3) is 10.2. The van der Waals surface area contributed by atoms with Crippen molar-refractivity contribution >= 4 is 17.4 Å². The van der Waals surface area contributed by atoms with Crippen molar-refractivity contribution in [3.8, 4) is 5.75 Å². The molecule has 0 spiro atoms. The van der Waals surface area contributed by atoms with Gasteiger partial charge >= 0.3 is 0 Å². The van der Waals surface area contributed by atoms with Crippen LogP contribution in [0.5, 0.6) is 5.75 Å². The zero-order valence-corrected chi connectivity index (χ0v) is 18.9. The first-order valence-corrected chi connectivity index (χ1v) is 10.6. The Kier molecular flexibility index (Phi) is 12.2. The van der Waals surface area contributed by atoms with Crippen LogP contribution in [-0.4, -0.2) is 46.7 Å². The Bertz CT molecular complexity index is 693. The number of hydrogen-bond donors (Lipinski definition) is 3. The second kappa shape index (κ2) is 14.1. The fourth-order valence-corrected chi connectivity index (χ4v) is 2.45. The summed E-state index contributed by atoms with van der Waals surface area (Å²) in [6.45, 7) is 9.22. The molecule has 1 heterocycles. The van der Waals surface area contributed by atoms with E-state index in [2.05, 4.69) is 15.4 Å². The summed E-state index contributed by atoms with van der Waals surface area (Å²) in [5.74, 6) is 0.463. The van der Waals surface area contributed by atoms with Gasteiger partial charge in [-0.05, 0) is 69.7 Å². The molecular weight excluding hydrogens is 404 g/mol. The van der Waals surface area contributed by atoms with E-state index in [1.807, 2.05) is 20.8 Å². The fourth-order valence-electron chi connectivity index (χ4n) is 2.33. The van der Waals surface area contributed by atoms with Crippen molar-refractivity contribution in [2.45, 2.75) is 46.3 Å². The average molecular weight is 439 g/mol. The number of aromatic nitrogens is 3. The van der Waals surface area contributed by atoms with Gasteiger partial charge in [-0.3, -0.25) is 4.79 Å². The van der Waals surface area contributed by atoms with Gasteiger partial charge < -0.3 is 21.5 Å². The second-order valence-corrected chi connectivity index (χ2v) is 8.24. The van der Waals surface area contributed by atoms with Crippen LogP contribution in [0.2, 0.25) is 5.02 Å². The first kappa shape index (κ1) is 26.0. The maximum Gasteiger partial charge on any atom is 0.252 e. The fraction of sp³-hybridized carbons (Fsp3) is 0.571. The molecule has 9 heteroatoms. The molecule has 0 saturated heterocycles. The quantitative estimate of drug-likeness (QED) is 0.461. The molecule has 30 heavy (non-hydrogen) atoms. The number of unbranched alkanes of at least 4 members (excludes halogenated alkanes) is 1. The molecule has 0 radical (unpaired) electrons. The maximum atomic E-state index is 12.5. The average Bonchev–Trinajstić information content (AvgIpc) is 3.24. The van der Waals surface area contributed by atoms with Crippen molar-refractivity contribution in [1.82, 2.24) is 20.1 Å². The van der Waals surface area contributed by atoms with E-state index in [0.717, 1.165) is 39.0 Å². The van der Waals surface area contributed by atoms with Crippen molar-refractivity contribution in [2.24, 2.45) is 16.9 Å². The summed E-state index contributed by atoms with van der Waals surface area (Å²) < 4.78 is 7.16. The van der Waals surface area contributed by atoms with Gasteiger partial charge in [0, 0.05) is 10.4 Å². The maximum absolute atomic E-state index is 12.5. The number of halogens is 1. The molecule has 0 amide bonds. The minimum Gasteiger partial charge on any atom is -0.461 e. The number of nitrogens with one attached hydrogen (secondary N) is 1. The minimum absolute atomic E-state index is 0.0852. The van der Waals surface area contributed by atoms with E-state index in [0.29, 0.717) is 10.8 Å². The van der Waals surface area contributed by atoms with E-state index < -0.39 is 11.6 Å². The molecule has 0 aliphatic rings. The molecular formula is C21H35ClN6O2. The summed E-state index contributed by atoms with van der Waals surface area (Å²) in [6, 6.07) is 6.83. The van der Waals surface area contributed by atoms with Crippen LogP contribution in [0.1, 0.15) is 46.3 Å². The number of Topliss-reactive ketones (excluding diaryl/α,β-unsaturated/α-hetero) is 1. The van der Waals surface area contributed by atoms with Gasteiger partial charge in [0.15, 0.2) is 0 Å². The summed E-state index contributed by atoms with van der Waals surface area (Å²) >= 11 is 5.83. The zero-order chi connectivity index (χ0) is 22.4. The molecule has 1 atom stereocenters. The Labute approximate surface area is 184 Å². The van der Waals surface area contributed by atoms with Gasteiger partial charge in [-0.1, -0.05) is 32.4 Å². The molecule has 0 aliphatic carbocycles. The van der Waals surface area contributed by atoms with Gasteiger partial charge in [0.05, 0.1) is 0 Å². The lowest BCUT2D eigenvalue weighted by atomic mass is 9.90. The number of hydrogen-bond acceptors (Lipinski definition) is 7. The lowest BCUT2D eigenvalue weighted by Crippen LogP contribution is -2.34. The summed E-state index contributed by atoms with van der Waals surface area (Å²) in [5.41, 5.74) is 10.1.